The van der Waals surface area contributed by atoms with E-state index in [2.05, 4.69) is 31.7 Å². The second-order valence-corrected chi connectivity index (χ2v) is 4.35. The van der Waals surface area contributed by atoms with Crippen molar-refractivity contribution < 1.29 is 5.11 Å². The molecule has 0 bridgehead atoms. The summed E-state index contributed by atoms with van der Waals surface area (Å²) in [4.78, 5) is 2.14. The lowest BCUT2D eigenvalue weighted by molar-refractivity contribution is 0.0535. The summed E-state index contributed by atoms with van der Waals surface area (Å²) in [6.45, 7) is 8.01. The van der Waals surface area contributed by atoms with E-state index >= 15 is 0 Å². The number of nitrogens with zero attached hydrogens (tertiary/aromatic N) is 1. The van der Waals surface area contributed by atoms with Gasteiger partial charge in [0.1, 0.15) is 0 Å². The van der Waals surface area contributed by atoms with Crippen molar-refractivity contribution in [3.8, 4) is 0 Å². The second kappa shape index (κ2) is 3.19. The van der Waals surface area contributed by atoms with E-state index in [1.165, 1.54) is 5.57 Å². The van der Waals surface area contributed by atoms with Gasteiger partial charge in [-0.25, -0.2) is 0 Å². The van der Waals surface area contributed by atoms with Gasteiger partial charge in [-0.15, -0.1) is 0 Å². The van der Waals surface area contributed by atoms with Crippen LogP contribution in [0.25, 0.3) is 0 Å². The standard InChI is InChI=1S/C10H19NO/c1-8-5-6-11(4)7-9(12)10(8,2)3/h5,9,12H,6-7H2,1-4H3. The van der Waals surface area contributed by atoms with Gasteiger partial charge in [-0.3, -0.25) is 0 Å². The number of aliphatic hydroxyl groups is 1. The van der Waals surface area contributed by atoms with Crippen LogP contribution in [0.2, 0.25) is 0 Å². The van der Waals surface area contributed by atoms with Crippen molar-refractivity contribution in [2.24, 2.45) is 5.41 Å². The molecule has 1 aliphatic heterocycles. The van der Waals surface area contributed by atoms with Crippen molar-refractivity contribution in [1.82, 2.24) is 4.90 Å². The molecular formula is C10H19NO. The minimum Gasteiger partial charge on any atom is -0.391 e. The summed E-state index contributed by atoms with van der Waals surface area (Å²) < 4.78 is 0. The van der Waals surface area contributed by atoms with Gasteiger partial charge in [-0.2, -0.15) is 0 Å². The molecule has 2 nitrogen and oxygen atoms in total. The molecule has 70 valence electrons. The predicted octanol–water partition coefficient (Wildman–Crippen LogP) is 1.27. The fraction of sp³-hybridized carbons (Fsp3) is 0.800. The highest BCUT2D eigenvalue weighted by Crippen LogP contribution is 2.31. The van der Waals surface area contributed by atoms with E-state index < -0.39 is 0 Å². The van der Waals surface area contributed by atoms with Gasteiger partial charge < -0.3 is 10.0 Å². The maximum Gasteiger partial charge on any atom is 0.0754 e. The highest BCUT2D eigenvalue weighted by molar-refractivity contribution is 5.14. The lowest BCUT2D eigenvalue weighted by Crippen LogP contribution is -2.37. The molecule has 0 amide bonds. The van der Waals surface area contributed by atoms with E-state index in [4.69, 9.17) is 0 Å². The molecule has 1 heterocycles. The van der Waals surface area contributed by atoms with Crippen LogP contribution in [0.5, 0.6) is 0 Å². The van der Waals surface area contributed by atoms with Crippen LogP contribution in [-0.4, -0.2) is 36.2 Å². The molecular weight excluding hydrogens is 150 g/mol. The Morgan fingerprint density at radius 2 is 2.17 bits per heavy atom. The smallest absolute Gasteiger partial charge is 0.0754 e. The number of hydrogen-bond acceptors (Lipinski definition) is 2. The molecule has 0 saturated heterocycles. The van der Waals surface area contributed by atoms with Crippen LogP contribution in [0.3, 0.4) is 0 Å². The molecule has 1 N–H and O–H groups in total. The molecule has 12 heavy (non-hydrogen) atoms. The van der Waals surface area contributed by atoms with E-state index in [1.807, 2.05) is 7.05 Å². The monoisotopic (exact) mass is 169 g/mol. The van der Waals surface area contributed by atoms with E-state index in [0.29, 0.717) is 0 Å². The van der Waals surface area contributed by atoms with Gasteiger partial charge >= 0.3 is 0 Å². The Labute approximate surface area is 74.9 Å². The first-order valence-corrected chi connectivity index (χ1v) is 4.48. The number of likely N-dealkylation sites (N-methyl/N-ethyl adjacent to an activating group) is 1. The first-order valence-electron chi connectivity index (χ1n) is 4.48. The fourth-order valence-electron chi connectivity index (χ4n) is 1.42. The molecule has 2 heteroatoms. The Morgan fingerprint density at radius 1 is 1.58 bits per heavy atom. The van der Waals surface area contributed by atoms with E-state index in [9.17, 15) is 5.11 Å². The van der Waals surface area contributed by atoms with Crippen LogP contribution in [-0.2, 0) is 0 Å². The molecule has 0 aliphatic carbocycles. The predicted molar refractivity (Wildman–Crippen MR) is 51.0 cm³/mol. The van der Waals surface area contributed by atoms with E-state index in [0.717, 1.165) is 13.1 Å². The average Bonchev–Trinajstić information content (AvgIpc) is 2.04. The summed E-state index contributed by atoms with van der Waals surface area (Å²) >= 11 is 0. The van der Waals surface area contributed by atoms with Gasteiger partial charge in [0, 0.05) is 18.5 Å². The maximum atomic E-state index is 9.88. The van der Waals surface area contributed by atoms with Crippen molar-refractivity contribution in [3.05, 3.63) is 11.6 Å². The van der Waals surface area contributed by atoms with Gasteiger partial charge in [0.25, 0.3) is 0 Å². The third kappa shape index (κ3) is 1.70. The number of hydrogen-bond donors (Lipinski definition) is 1. The third-order valence-corrected chi connectivity index (χ3v) is 3.04. The lowest BCUT2D eigenvalue weighted by atomic mass is 9.80. The normalized spacial score (nSPS) is 31.1. The second-order valence-electron chi connectivity index (χ2n) is 4.35. The van der Waals surface area contributed by atoms with Crippen LogP contribution < -0.4 is 0 Å². The Morgan fingerprint density at radius 3 is 2.75 bits per heavy atom. The topological polar surface area (TPSA) is 23.5 Å². The number of β-amino-alcohol motifs (C(OH)–C–C–N with tert-alkyl or cyclic N) is 1. The fourth-order valence-corrected chi connectivity index (χ4v) is 1.42. The number of rotatable bonds is 0. The van der Waals surface area contributed by atoms with Crippen LogP contribution >= 0.6 is 0 Å². The molecule has 1 rings (SSSR count). The van der Waals surface area contributed by atoms with Crippen LogP contribution in [0, 0.1) is 5.41 Å². The highest BCUT2D eigenvalue weighted by Gasteiger charge is 2.31. The Kier molecular flexibility index (Phi) is 2.59. The van der Waals surface area contributed by atoms with E-state index in [1.54, 1.807) is 0 Å². The highest BCUT2D eigenvalue weighted by atomic mass is 16.3. The van der Waals surface area contributed by atoms with Gasteiger partial charge in [0.15, 0.2) is 0 Å². The zero-order valence-corrected chi connectivity index (χ0v) is 8.46. The third-order valence-electron chi connectivity index (χ3n) is 3.04. The van der Waals surface area contributed by atoms with Gasteiger partial charge in [-0.1, -0.05) is 25.5 Å². The molecule has 0 aromatic carbocycles. The van der Waals surface area contributed by atoms with Gasteiger partial charge in [-0.05, 0) is 14.0 Å². The average molecular weight is 169 g/mol. The first-order chi connectivity index (χ1) is 5.44. The summed E-state index contributed by atoms with van der Waals surface area (Å²) in [5.74, 6) is 0. The van der Waals surface area contributed by atoms with Crippen molar-refractivity contribution in [2.75, 3.05) is 20.1 Å². The molecule has 0 aromatic heterocycles. The molecule has 1 atom stereocenters. The van der Waals surface area contributed by atoms with E-state index in [-0.39, 0.29) is 11.5 Å². The summed E-state index contributed by atoms with van der Waals surface area (Å²) in [5.41, 5.74) is 1.23. The summed E-state index contributed by atoms with van der Waals surface area (Å²) in [6, 6.07) is 0. The molecule has 0 aromatic rings. The molecule has 1 aliphatic rings. The first kappa shape index (κ1) is 9.75. The van der Waals surface area contributed by atoms with Crippen molar-refractivity contribution in [1.29, 1.82) is 0 Å². The van der Waals surface area contributed by atoms with Crippen LogP contribution in [0.15, 0.2) is 11.6 Å². The van der Waals surface area contributed by atoms with Crippen molar-refractivity contribution in [2.45, 2.75) is 26.9 Å². The van der Waals surface area contributed by atoms with Crippen LogP contribution in [0.1, 0.15) is 20.8 Å². The van der Waals surface area contributed by atoms with Gasteiger partial charge in [0.2, 0.25) is 0 Å². The largest absolute Gasteiger partial charge is 0.391 e. The van der Waals surface area contributed by atoms with Crippen molar-refractivity contribution >= 4 is 0 Å². The Balaban J connectivity index is 2.87. The minimum absolute atomic E-state index is 0.0647. The van der Waals surface area contributed by atoms with Gasteiger partial charge in [0.05, 0.1) is 6.10 Å². The number of aliphatic hydroxyl groups excluding tert-OH is 1. The summed E-state index contributed by atoms with van der Waals surface area (Å²) in [5, 5.41) is 9.88. The maximum absolute atomic E-state index is 9.88. The summed E-state index contributed by atoms with van der Waals surface area (Å²) in [6.07, 6.45) is 1.96. The minimum atomic E-state index is -0.249. The zero-order chi connectivity index (χ0) is 9.35. The summed E-state index contributed by atoms with van der Waals surface area (Å²) in [7, 11) is 2.04. The van der Waals surface area contributed by atoms with Crippen molar-refractivity contribution in [3.63, 3.8) is 0 Å². The van der Waals surface area contributed by atoms with Crippen LogP contribution in [0.4, 0.5) is 0 Å². The quantitative estimate of drug-likeness (QED) is 0.552. The lowest BCUT2D eigenvalue weighted by Gasteiger charge is -2.31. The Bertz CT molecular complexity index is 196. The molecule has 1 unspecified atom stereocenters. The zero-order valence-electron chi connectivity index (χ0n) is 8.46. The molecule has 0 fully saturated rings. The molecule has 0 radical (unpaired) electrons. The SMILES string of the molecule is CC1=CCN(C)CC(O)C1(C)C. The Hall–Kier alpha value is -0.340. The molecule has 0 spiro atoms. The molecule has 0 saturated carbocycles.